The average molecular weight is 204 g/mol. The second-order valence-electron chi connectivity index (χ2n) is 0.163. The van der Waals surface area contributed by atoms with Gasteiger partial charge in [-0.15, -0.1) is 0 Å². The molecule has 0 radical (unpaired) electrons. The van der Waals surface area contributed by atoms with Crippen molar-refractivity contribution < 1.29 is 0 Å². The first-order chi connectivity index (χ1) is 2.91. The lowest BCUT2D eigenvalue weighted by Gasteiger charge is -1.34. The Morgan fingerprint density at radius 2 is 0.889 bits per heavy atom. The summed E-state index contributed by atoms with van der Waals surface area (Å²) in [6, 6.07) is 0. The Balaban J connectivity index is -0.00000000990. The lowest BCUT2D eigenvalue weighted by atomic mass is 11.0. The maximum atomic E-state index is 4.41. The standard InChI is InChI=1S/C2H6.3CH4.P2S2/c1-2;;;;3-1-2-4/h1-2H3;3*1H4;. The molecule has 0 spiro atoms. The Morgan fingerprint density at radius 1 is 0.778 bits per heavy atom. The molecule has 0 aromatic heterocycles. The van der Waals surface area contributed by atoms with Gasteiger partial charge in [-0.3, -0.25) is 0 Å². The van der Waals surface area contributed by atoms with Crippen LogP contribution in [-0.4, -0.2) is 0 Å². The Labute approximate surface area is 74.0 Å². The summed E-state index contributed by atoms with van der Waals surface area (Å²) in [5, 5.41) is 0. The normalized spacial score (nSPS) is 4.67. The molecule has 0 N–H and O–H groups in total. The molecule has 60 valence electrons. The molecule has 0 aliphatic carbocycles. The van der Waals surface area contributed by atoms with Crippen molar-refractivity contribution in [2.45, 2.75) is 36.1 Å². The van der Waals surface area contributed by atoms with Gasteiger partial charge in [0, 0.05) is 14.1 Å². The highest BCUT2D eigenvalue weighted by atomic mass is 32.7. The van der Waals surface area contributed by atoms with Crippen molar-refractivity contribution in [1.29, 1.82) is 0 Å². The van der Waals surface area contributed by atoms with Crippen LogP contribution in [0, 0.1) is 0 Å². The molecule has 0 amide bonds. The molecule has 0 aliphatic heterocycles. The van der Waals surface area contributed by atoms with Crippen molar-refractivity contribution in [1.82, 2.24) is 0 Å². The molecule has 0 aliphatic rings. The molecule has 0 saturated heterocycles. The van der Waals surface area contributed by atoms with E-state index in [0.29, 0.717) is 0 Å². The van der Waals surface area contributed by atoms with E-state index in [4.69, 9.17) is 0 Å². The first-order valence-electron chi connectivity index (χ1n) is 1.57. The van der Waals surface area contributed by atoms with Crippen LogP contribution < -0.4 is 0 Å². The van der Waals surface area contributed by atoms with Crippen LogP contribution in [0.25, 0.3) is 0 Å². The number of hydrogen-bond donors (Lipinski definition) is 0. The molecule has 0 bridgehead atoms. The number of rotatable bonds is 1. The molecule has 0 unspecified atom stereocenters. The first kappa shape index (κ1) is 32.3. The van der Waals surface area contributed by atoms with Gasteiger partial charge < -0.3 is 0 Å². The van der Waals surface area contributed by atoms with Crippen LogP contribution in [0.2, 0.25) is 0 Å². The summed E-state index contributed by atoms with van der Waals surface area (Å²) in [6.07, 6.45) is 0. The molecule has 4 heteroatoms. The highest BCUT2D eigenvalue weighted by Crippen LogP contribution is 2.10. The average Bonchev–Trinajstić information content (AvgIpc) is 1.72. The molecule has 0 atom stereocenters. The van der Waals surface area contributed by atoms with Crippen molar-refractivity contribution >= 4 is 37.7 Å². The van der Waals surface area contributed by atoms with Crippen LogP contribution in [0.1, 0.15) is 36.1 Å². The van der Waals surface area contributed by atoms with Gasteiger partial charge in [-0.2, -0.15) is 0 Å². The van der Waals surface area contributed by atoms with Gasteiger partial charge in [0.15, 0.2) is 0 Å². The third-order valence-electron chi connectivity index (χ3n) is 0.0333. The van der Waals surface area contributed by atoms with E-state index >= 15 is 0 Å². The summed E-state index contributed by atoms with van der Waals surface area (Å²) in [6.45, 7) is 4.00. The summed E-state index contributed by atoms with van der Waals surface area (Å²) in [5.41, 5.74) is 0. The van der Waals surface area contributed by atoms with Crippen molar-refractivity contribution in [3.8, 4) is 0 Å². The minimum atomic E-state index is 0. The zero-order valence-corrected chi connectivity index (χ0v) is 7.13. The van der Waals surface area contributed by atoms with E-state index in [-0.39, 0.29) is 22.3 Å². The van der Waals surface area contributed by atoms with Gasteiger partial charge in [-0.1, -0.05) is 36.1 Å². The number of hydrogen-bond acceptors (Lipinski definition) is 2. The first-order valence-corrected chi connectivity index (χ1v) is 6.09. The Morgan fingerprint density at radius 3 is 0.889 bits per heavy atom. The highest BCUT2D eigenvalue weighted by Gasteiger charge is 1.39. The lowest BCUT2D eigenvalue weighted by molar-refractivity contribution is 1.50. The second kappa shape index (κ2) is 63.2. The summed E-state index contributed by atoms with van der Waals surface area (Å²) in [7, 11) is 1.74. The summed E-state index contributed by atoms with van der Waals surface area (Å²) >= 11 is 8.82. The van der Waals surface area contributed by atoms with Crippen LogP contribution in [0.15, 0.2) is 0 Å². The fourth-order valence-corrected chi connectivity index (χ4v) is 0. The third kappa shape index (κ3) is 108. The monoisotopic (exact) mass is 204 g/mol. The topological polar surface area (TPSA) is 0 Å². The van der Waals surface area contributed by atoms with E-state index in [0.717, 1.165) is 14.1 Å². The molecule has 0 fully saturated rings. The maximum Gasteiger partial charge on any atom is 0.0464 e. The lowest BCUT2D eigenvalue weighted by Crippen LogP contribution is -0.856. The fourth-order valence-electron chi connectivity index (χ4n) is 0. The zero-order chi connectivity index (χ0) is 5.41. The van der Waals surface area contributed by atoms with E-state index in [1.165, 1.54) is 0 Å². The molecule has 0 rings (SSSR count). The van der Waals surface area contributed by atoms with E-state index in [1.807, 2.05) is 13.8 Å². The Bertz CT molecular complexity index is 33.9. The quantitative estimate of drug-likeness (QED) is 0.570. The SMILES string of the molecule is C.C.C.CC.S=PP=S. The van der Waals surface area contributed by atoms with Gasteiger partial charge in [-0.25, -0.2) is 0 Å². The minimum Gasteiger partial charge on any atom is -0.0776 e. The van der Waals surface area contributed by atoms with E-state index in [1.54, 1.807) is 0 Å². The molecular weight excluding hydrogens is 186 g/mol. The minimum absolute atomic E-state index is 0. The predicted molar refractivity (Wildman–Crippen MR) is 60.1 cm³/mol. The Kier molecular flexibility index (Phi) is 227. The van der Waals surface area contributed by atoms with Gasteiger partial charge in [0.05, 0.1) is 0 Å². The largest absolute Gasteiger partial charge is 0.0776 e. The van der Waals surface area contributed by atoms with Crippen LogP contribution in [0.4, 0.5) is 0 Å². The third-order valence-corrected chi connectivity index (χ3v) is 2.70. The molecule has 9 heavy (non-hydrogen) atoms. The van der Waals surface area contributed by atoms with Crippen LogP contribution in [-0.2, 0) is 23.6 Å². The molecule has 0 aromatic carbocycles. The highest BCUT2D eigenvalue weighted by molar-refractivity contribution is 8.40. The van der Waals surface area contributed by atoms with Crippen LogP contribution >= 0.6 is 14.1 Å². The van der Waals surface area contributed by atoms with Gasteiger partial charge >= 0.3 is 0 Å². The van der Waals surface area contributed by atoms with Crippen molar-refractivity contribution in [3.63, 3.8) is 0 Å². The second-order valence-corrected chi connectivity index (χ2v) is 4.41. The Hall–Kier alpha value is 1.04. The summed E-state index contributed by atoms with van der Waals surface area (Å²) < 4.78 is 0. The van der Waals surface area contributed by atoms with Gasteiger partial charge in [-0.05, 0) is 23.6 Å². The zero-order valence-electron chi connectivity index (χ0n) is 3.71. The van der Waals surface area contributed by atoms with Crippen molar-refractivity contribution in [2.75, 3.05) is 0 Å². The summed E-state index contributed by atoms with van der Waals surface area (Å²) in [5.74, 6) is 0. The summed E-state index contributed by atoms with van der Waals surface area (Å²) in [4.78, 5) is 0. The molecular formula is C5H18P2S2. The molecule has 0 saturated carbocycles. The smallest absolute Gasteiger partial charge is 0.0464 e. The maximum absolute atomic E-state index is 4.41. The predicted octanol–water partition coefficient (Wildman–Crippen LogP) is 4.65. The van der Waals surface area contributed by atoms with Gasteiger partial charge in [0.2, 0.25) is 0 Å². The fraction of sp³-hybridized carbons (Fsp3) is 1.00. The molecule has 0 aromatic rings. The molecule has 0 heterocycles. The van der Waals surface area contributed by atoms with E-state index in [9.17, 15) is 0 Å². The van der Waals surface area contributed by atoms with E-state index in [2.05, 4.69) is 23.6 Å². The van der Waals surface area contributed by atoms with Gasteiger partial charge in [0.25, 0.3) is 0 Å². The van der Waals surface area contributed by atoms with Gasteiger partial charge in [0.1, 0.15) is 0 Å². The van der Waals surface area contributed by atoms with Crippen molar-refractivity contribution in [3.05, 3.63) is 0 Å². The molecule has 0 nitrogen and oxygen atoms in total. The van der Waals surface area contributed by atoms with Crippen LogP contribution in [0.3, 0.4) is 0 Å². The van der Waals surface area contributed by atoms with Crippen LogP contribution in [0.5, 0.6) is 0 Å². The van der Waals surface area contributed by atoms with E-state index < -0.39 is 0 Å². The van der Waals surface area contributed by atoms with Crippen molar-refractivity contribution in [2.24, 2.45) is 0 Å².